The lowest BCUT2D eigenvalue weighted by atomic mass is 10.1. The van der Waals surface area contributed by atoms with Crippen LogP contribution in [0.1, 0.15) is 29.4 Å². The zero-order chi connectivity index (χ0) is 16.5. The Balaban J connectivity index is 1.50. The molecular formula is C19H19N3O2. The van der Waals surface area contributed by atoms with E-state index in [2.05, 4.69) is 9.97 Å². The lowest BCUT2D eigenvalue weighted by Gasteiger charge is -2.22. The van der Waals surface area contributed by atoms with Crippen LogP contribution in [0.3, 0.4) is 0 Å². The highest BCUT2D eigenvalue weighted by molar-refractivity contribution is 5.99. The number of aryl methyl sites for hydroxylation is 1. The van der Waals surface area contributed by atoms with Crippen LogP contribution in [0.2, 0.25) is 0 Å². The molecule has 0 spiro atoms. The van der Waals surface area contributed by atoms with Crippen molar-refractivity contribution in [3.63, 3.8) is 0 Å². The summed E-state index contributed by atoms with van der Waals surface area (Å²) in [6.07, 6.45) is 4.63. The lowest BCUT2D eigenvalue weighted by Crippen LogP contribution is -2.32. The van der Waals surface area contributed by atoms with Crippen molar-refractivity contribution in [1.29, 1.82) is 0 Å². The Morgan fingerprint density at radius 3 is 3.04 bits per heavy atom. The Morgan fingerprint density at radius 1 is 1.29 bits per heavy atom. The van der Waals surface area contributed by atoms with Gasteiger partial charge in [0, 0.05) is 36.5 Å². The van der Waals surface area contributed by atoms with E-state index < -0.39 is 0 Å². The van der Waals surface area contributed by atoms with Crippen LogP contribution < -0.4 is 4.74 Å². The van der Waals surface area contributed by atoms with Gasteiger partial charge in [-0.3, -0.25) is 4.79 Å². The van der Waals surface area contributed by atoms with Gasteiger partial charge in [0.1, 0.15) is 18.2 Å². The van der Waals surface area contributed by atoms with Gasteiger partial charge in [-0.1, -0.05) is 18.2 Å². The Labute approximate surface area is 141 Å². The molecule has 0 saturated carbocycles. The van der Waals surface area contributed by atoms with Gasteiger partial charge in [-0.2, -0.15) is 0 Å². The van der Waals surface area contributed by atoms with Gasteiger partial charge in [0.2, 0.25) is 0 Å². The molecule has 0 N–H and O–H groups in total. The van der Waals surface area contributed by atoms with Crippen molar-refractivity contribution in [2.24, 2.45) is 0 Å². The first kappa shape index (κ1) is 14.9. The number of amides is 1. The fraction of sp³-hybridized carbons (Fsp3) is 0.316. The van der Waals surface area contributed by atoms with Crippen LogP contribution in [0.5, 0.6) is 5.75 Å². The van der Waals surface area contributed by atoms with E-state index in [4.69, 9.17) is 4.74 Å². The number of para-hydroxylation sites is 1. The average molecular weight is 321 g/mol. The van der Waals surface area contributed by atoms with Crippen LogP contribution in [0, 0.1) is 6.92 Å². The van der Waals surface area contributed by atoms with Crippen LogP contribution >= 0.6 is 0 Å². The Kier molecular flexibility index (Phi) is 3.76. The van der Waals surface area contributed by atoms with Crippen molar-refractivity contribution in [3.05, 3.63) is 59.2 Å². The van der Waals surface area contributed by atoms with Crippen molar-refractivity contribution >= 4 is 12.0 Å². The number of likely N-dealkylation sites (tertiary alicyclic amines) is 1. The first-order valence-corrected chi connectivity index (χ1v) is 8.22. The maximum absolute atomic E-state index is 12.8. The summed E-state index contributed by atoms with van der Waals surface area (Å²) >= 11 is 0. The van der Waals surface area contributed by atoms with E-state index in [1.165, 1.54) is 0 Å². The molecule has 1 aromatic heterocycles. The molecule has 0 radical (unpaired) electrons. The zero-order valence-corrected chi connectivity index (χ0v) is 13.6. The van der Waals surface area contributed by atoms with Crippen LogP contribution in [-0.4, -0.2) is 40.5 Å². The molecule has 1 aromatic carbocycles. The van der Waals surface area contributed by atoms with E-state index in [-0.39, 0.29) is 11.8 Å². The molecule has 2 aliphatic heterocycles. The summed E-state index contributed by atoms with van der Waals surface area (Å²) in [7, 11) is 0. The fourth-order valence-electron chi connectivity index (χ4n) is 3.26. The van der Waals surface area contributed by atoms with Crippen molar-refractivity contribution in [3.8, 4) is 5.75 Å². The van der Waals surface area contributed by atoms with E-state index in [0.717, 1.165) is 35.8 Å². The molecule has 1 atom stereocenters. The van der Waals surface area contributed by atoms with Crippen molar-refractivity contribution in [1.82, 2.24) is 14.9 Å². The number of rotatable bonds is 2. The summed E-state index contributed by atoms with van der Waals surface area (Å²) < 4.78 is 5.70. The predicted octanol–water partition coefficient (Wildman–Crippen LogP) is 2.58. The normalized spacial score (nSPS) is 19.5. The first-order chi connectivity index (χ1) is 11.7. The SMILES string of the molecule is Cc1ccnc([C@@H]2CCN(C(=O)C3=Cc4ccccc4OC3)C2)n1. The molecule has 24 heavy (non-hydrogen) atoms. The minimum Gasteiger partial charge on any atom is -0.488 e. The molecule has 1 amide bonds. The standard InChI is InChI=1S/C19H19N3O2/c1-13-6-8-20-18(21-13)15-7-9-22(11-15)19(23)16-10-14-4-2-3-5-17(14)24-12-16/h2-6,8,10,15H,7,9,11-12H2,1H3/t15-/m1/s1. The Hall–Kier alpha value is -2.69. The molecule has 1 fully saturated rings. The highest BCUT2D eigenvalue weighted by Crippen LogP contribution is 2.29. The third-order valence-electron chi connectivity index (χ3n) is 4.56. The summed E-state index contributed by atoms with van der Waals surface area (Å²) in [5, 5.41) is 0. The van der Waals surface area contributed by atoms with Crippen LogP contribution in [0.25, 0.3) is 6.08 Å². The number of benzene rings is 1. The van der Waals surface area contributed by atoms with E-state index >= 15 is 0 Å². The average Bonchev–Trinajstić information content (AvgIpc) is 3.11. The molecule has 0 unspecified atom stereocenters. The smallest absolute Gasteiger partial charge is 0.253 e. The highest BCUT2D eigenvalue weighted by atomic mass is 16.5. The van der Waals surface area contributed by atoms with Gasteiger partial charge < -0.3 is 9.64 Å². The second kappa shape index (κ2) is 6.07. The van der Waals surface area contributed by atoms with Crippen molar-refractivity contribution < 1.29 is 9.53 Å². The van der Waals surface area contributed by atoms with Crippen LogP contribution in [-0.2, 0) is 4.79 Å². The molecule has 2 aliphatic rings. The molecule has 4 rings (SSSR count). The van der Waals surface area contributed by atoms with Crippen LogP contribution in [0.4, 0.5) is 0 Å². The zero-order valence-electron chi connectivity index (χ0n) is 13.6. The van der Waals surface area contributed by atoms with Crippen LogP contribution in [0.15, 0.2) is 42.1 Å². The van der Waals surface area contributed by atoms with E-state index in [0.29, 0.717) is 18.7 Å². The minimum absolute atomic E-state index is 0.0552. The van der Waals surface area contributed by atoms with Gasteiger partial charge >= 0.3 is 0 Å². The summed E-state index contributed by atoms with van der Waals surface area (Å²) in [6, 6.07) is 9.67. The second-order valence-corrected chi connectivity index (χ2v) is 6.29. The summed E-state index contributed by atoms with van der Waals surface area (Å²) in [5.41, 5.74) is 2.63. The maximum atomic E-state index is 12.8. The first-order valence-electron chi connectivity index (χ1n) is 8.22. The number of hydrogen-bond donors (Lipinski definition) is 0. The molecule has 122 valence electrons. The number of ether oxygens (including phenoxy) is 1. The molecule has 0 bridgehead atoms. The van der Waals surface area contributed by atoms with Crippen molar-refractivity contribution in [2.45, 2.75) is 19.3 Å². The summed E-state index contributed by atoms with van der Waals surface area (Å²) in [6.45, 7) is 3.70. The van der Waals surface area contributed by atoms with E-state index in [9.17, 15) is 4.79 Å². The van der Waals surface area contributed by atoms with Gasteiger partial charge in [0.05, 0.1) is 5.57 Å². The number of hydrogen-bond acceptors (Lipinski definition) is 4. The topological polar surface area (TPSA) is 55.3 Å². The molecule has 2 aromatic rings. The second-order valence-electron chi connectivity index (χ2n) is 6.29. The van der Waals surface area contributed by atoms with Gasteiger partial charge in [0.15, 0.2) is 0 Å². The summed E-state index contributed by atoms with van der Waals surface area (Å²) in [4.78, 5) is 23.6. The third-order valence-corrected chi connectivity index (χ3v) is 4.56. The fourth-order valence-corrected chi connectivity index (χ4v) is 3.26. The molecule has 5 heteroatoms. The number of carbonyl (C=O) groups excluding carboxylic acids is 1. The highest BCUT2D eigenvalue weighted by Gasteiger charge is 2.31. The molecule has 1 saturated heterocycles. The summed E-state index contributed by atoms with van der Waals surface area (Å²) in [5.74, 6) is 1.94. The van der Waals surface area contributed by atoms with Gasteiger partial charge in [0.25, 0.3) is 5.91 Å². The number of carbonyl (C=O) groups is 1. The van der Waals surface area contributed by atoms with Crippen molar-refractivity contribution in [2.75, 3.05) is 19.7 Å². The van der Waals surface area contributed by atoms with Gasteiger partial charge in [-0.05, 0) is 31.6 Å². The number of fused-ring (bicyclic) bond motifs is 1. The minimum atomic E-state index is 0.0552. The quantitative estimate of drug-likeness (QED) is 0.853. The predicted molar refractivity (Wildman–Crippen MR) is 90.6 cm³/mol. The largest absolute Gasteiger partial charge is 0.488 e. The van der Waals surface area contributed by atoms with Gasteiger partial charge in [-0.25, -0.2) is 9.97 Å². The third kappa shape index (κ3) is 2.77. The molecule has 3 heterocycles. The van der Waals surface area contributed by atoms with E-state index in [1.54, 1.807) is 6.20 Å². The van der Waals surface area contributed by atoms with E-state index in [1.807, 2.05) is 48.2 Å². The maximum Gasteiger partial charge on any atom is 0.253 e. The van der Waals surface area contributed by atoms with Gasteiger partial charge in [-0.15, -0.1) is 0 Å². The monoisotopic (exact) mass is 321 g/mol. The molecule has 0 aliphatic carbocycles. The number of aromatic nitrogens is 2. The molecule has 5 nitrogen and oxygen atoms in total. The lowest BCUT2D eigenvalue weighted by molar-refractivity contribution is -0.126. The molecular weight excluding hydrogens is 302 g/mol. The Morgan fingerprint density at radius 2 is 2.17 bits per heavy atom. The number of nitrogens with zero attached hydrogens (tertiary/aromatic N) is 3. The Bertz CT molecular complexity index is 816.